The number of hydrogen-bond donors (Lipinski definition) is 2. The number of methoxy groups -OCH3 is 1. The van der Waals surface area contributed by atoms with Gasteiger partial charge in [0.05, 0.1) is 13.2 Å². The molecule has 19 heavy (non-hydrogen) atoms. The van der Waals surface area contributed by atoms with Gasteiger partial charge in [-0.25, -0.2) is 0 Å². The van der Waals surface area contributed by atoms with E-state index in [1.165, 1.54) is 0 Å². The predicted molar refractivity (Wildman–Crippen MR) is 73.6 cm³/mol. The Labute approximate surface area is 113 Å². The van der Waals surface area contributed by atoms with Crippen molar-refractivity contribution in [3.05, 3.63) is 70.8 Å². The van der Waals surface area contributed by atoms with E-state index in [9.17, 15) is 10.2 Å². The van der Waals surface area contributed by atoms with Crippen molar-refractivity contribution >= 4 is 0 Å². The van der Waals surface area contributed by atoms with Crippen molar-refractivity contribution in [2.75, 3.05) is 7.11 Å². The van der Waals surface area contributed by atoms with Gasteiger partial charge in [-0.3, -0.25) is 0 Å². The lowest BCUT2D eigenvalue weighted by molar-refractivity contribution is 0.184. The number of benzene rings is 2. The second kappa shape index (κ2) is 6.48. The molecule has 3 heteroatoms. The Kier molecular flexibility index (Phi) is 4.68. The van der Waals surface area contributed by atoms with Gasteiger partial charge in [0.2, 0.25) is 0 Å². The maximum Gasteiger partial charge on any atom is 0.104 e. The Bertz CT molecular complexity index is 520. The average molecular weight is 258 g/mol. The van der Waals surface area contributed by atoms with Crippen molar-refractivity contribution in [3.63, 3.8) is 0 Å². The Morgan fingerprint density at radius 2 is 1.74 bits per heavy atom. The Hall–Kier alpha value is -1.68. The summed E-state index contributed by atoms with van der Waals surface area (Å²) in [4.78, 5) is 0. The highest BCUT2D eigenvalue weighted by molar-refractivity contribution is 5.36. The normalized spacial score (nSPS) is 12.4. The van der Waals surface area contributed by atoms with Gasteiger partial charge in [0.1, 0.15) is 6.10 Å². The van der Waals surface area contributed by atoms with Crippen LogP contribution < -0.4 is 0 Å². The van der Waals surface area contributed by atoms with Crippen LogP contribution in [0.5, 0.6) is 0 Å². The molecular weight excluding hydrogens is 240 g/mol. The van der Waals surface area contributed by atoms with Crippen molar-refractivity contribution in [3.8, 4) is 0 Å². The molecule has 1 atom stereocenters. The fourth-order valence-corrected chi connectivity index (χ4v) is 2.09. The van der Waals surface area contributed by atoms with Crippen molar-refractivity contribution in [1.82, 2.24) is 0 Å². The lowest BCUT2D eigenvalue weighted by Crippen LogP contribution is -2.04. The van der Waals surface area contributed by atoms with Gasteiger partial charge in [-0.05, 0) is 22.3 Å². The fourth-order valence-electron chi connectivity index (χ4n) is 2.09. The maximum atomic E-state index is 10.4. The van der Waals surface area contributed by atoms with Crippen molar-refractivity contribution < 1.29 is 14.9 Å². The molecule has 0 saturated heterocycles. The Morgan fingerprint density at radius 1 is 1.05 bits per heavy atom. The first kappa shape index (κ1) is 13.7. The van der Waals surface area contributed by atoms with Crippen LogP contribution in [0, 0.1) is 0 Å². The third-order valence-electron chi connectivity index (χ3n) is 3.13. The van der Waals surface area contributed by atoms with E-state index in [0.29, 0.717) is 6.61 Å². The molecule has 0 aliphatic heterocycles. The van der Waals surface area contributed by atoms with Crippen LogP contribution in [-0.2, 0) is 18.0 Å². The van der Waals surface area contributed by atoms with Gasteiger partial charge in [0, 0.05) is 7.11 Å². The summed E-state index contributed by atoms with van der Waals surface area (Å²) in [5.41, 5.74) is 3.36. The molecule has 0 amide bonds. The molecule has 0 fully saturated rings. The van der Waals surface area contributed by atoms with E-state index in [1.54, 1.807) is 7.11 Å². The molecule has 0 radical (unpaired) electrons. The fraction of sp³-hybridized carbons (Fsp3) is 0.250. The van der Waals surface area contributed by atoms with Crippen LogP contribution in [0.3, 0.4) is 0 Å². The molecule has 0 spiro atoms. The smallest absolute Gasteiger partial charge is 0.104 e. The number of rotatable bonds is 5. The number of aliphatic hydroxyl groups is 2. The van der Waals surface area contributed by atoms with Gasteiger partial charge in [-0.1, -0.05) is 48.5 Å². The Balaban J connectivity index is 2.25. The topological polar surface area (TPSA) is 49.7 Å². The van der Waals surface area contributed by atoms with Gasteiger partial charge in [0.25, 0.3) is 0 Å². The second-order valence-electron chi connectivity index (χ2n) is 4.43. The molecule has 0 bridgehead atoms. The van der Waals surface area contributed by atoms with E-state index in [4.69, 9.17) is 4.74 Å². The lowest BCUT2D eigenvalue weighted by Gasteiger charge is -2.15. The summed E-state index contributed by atoms with van der Waals surface area (Å²) >= 11 is 0. The van der Waals surface area contributed by atoms with Crippen LogP contribution in [0.15, 0.2) is 48.5 Å². The molecule has 3 nitrogen and oxygen atoms in total. The zero-order valence-electron chi connectivity index (χ0n) is 10.9. The van der Waals surface area contributed by atoms with E-state index in [2.05, 4.69) is 0 Å². The highest BCUT2D eigenvalue weighted by atomic mass is 16.5. The zero-order chi connectivity index (χ0) is 13.7. The molecule has 0 aliphatic rings. The molecule has 0 aromatic heterocycles. The summed E-state index contributed by atoms with van der Waals surface area (Å²) < 4.78 is 5.05. The first-order valence-corrected chi connectivity index (χ1v) is 6.20. The second-order valence-corrected chi connectivity index (χ2v) is 4.43. The summed E-state index contributed by atoms with van der Waals surface area (Å²) in [6.07, 6.45) is -0.722. The third kappa shape index (κ3) is 3.20. The van der Waals surface area contributed by atoms with Gasteiger partial charge in [-0.2, -0.15) is 0 Å². The van der Waals surface area contributed by atoms with Crippen LogP contribution in [-0.4, -0.2) is 17.3 Å². The number of aliphatic hydroxyl groups excluding tert-OH is 2. The SMILES string of the molecule is COCc1ccc(C(O)c2ccccc2CO)cc1. The zero-order valence-corrected chi connectivity index (χ0v) is 10.9. The number of ether oxygens (including phenoxy) is 1. The molecule has 2 N–H and O–H groups in total. The quantitative estimate of drug-likeness (QED) is 0.866. The monoisotopic (exact) mass is 258 g/mol. The van der Waals surface area contributed by atoms with Gasteiger partial charge in [0.15, 0.2) is 0 Å². The summed E-state index contributed by atoms with van der Waals surface area (Å²) in [5, 5.41) is 19.7. The lowest BCUT2D eigenvalue weighted by atomic mass is 9.96. The minimum Gasteiger partial charge on any atom is -0.392 e. The van der Waals surface area contributed by atoms with Crippen molar-refractivity contribution in [1.29, 1.82) is 0 Å². The molecule has 100 valence electrons. The Morgan fingerprint density at radius 3 is 2.37 bits per heavy atom. The summed E-state index contributed by atoms with van der Waals surface area (Å²) in [5.74, 6) is 0. The third-order valence-corrected chi connectivity index (χ3v) is 3.13. The molecule has 0 saturated carbocycles. The van der Waals surface area contributed by atoms with Gasteiger partial charge < -0.3 is 14.9 Å². The first-order chi connectivity index (χ1) is 9.26. The van der Waals surface area contributed by atoms with Crippen LogP contribution in [0.4, 0.5) is 0 Å². The van der Waals surface area contributed by atoms with Crippen LogP contribution in [0.25, 0.3) is 0 Å². The van der Waals surface area contributed by atoms with Crippen LogP contribution in [0.1, 0.15) is 28.4 Å². The molecule has 2 aromatic rings. The van der Waals surface area contributed by atoms with E-state index in [1.807, 2.05) is 48.5 Å². The summed E-state index contributed by atoms with van der Waals surface area (Å²) in [6, 6.07) is 15.0. The molecule has 0 heterocycles. The molecule has 2 aromatic carbocycles. The van der Waals surface area contributed by atoms with Crippen LogP contribution in [0.2, 0.25) is 0 Å². The predicted octanol–water partition coefficient (Wildman–Crippen LogP) is 2.41. The summed E-state index contributed by atoms with van der Waals surface area (Å²) in [6.45, 7) is 0.485. The number of hydrogen-bond acceptors (Lipinski definition) is 3. The minimum absolute atomic E-state index is 0.0744. The van der Waals surface area contributed by atoms with Crippen molar-refractivity contribution in [2.45, 2.75) is 19.3 Å². The van der Waals surface area contributed by atoms with Gasteiger partial charge in [-0.15, -0.1) is 0 Å². The standard InChI is InChI=1S/C16H18O3/c1-19-11-12-6-8-13(9-7-12)16(18)15-5-3-2-4-14(15)10-17/h2-9,16-18H,10-11H2,1H3. The minimum atomic E-state index is -0.722. The van der Waals surface area contributed by atoms with Crippen molar-refractivity contribution in [2.24, 2.45) is 0 Å². The highest BCUT2D eigenvalue weighted by Gasteiger charge is 2.13. The van der Waals surface area contributed by atoms with Crippen LogP contribution >= 0.6 is 0 Å². The van der Waals surface area contributed by atoms with Gasteiger partial charge >= 0.3 is 0 Å². The van der Waals surface area contributed by atoms with E-state index < -0.39 is 6.10 Å². The maximum absolute atomic E-state index is 10.4. The summed E-state index contributed by atoms with van der Waals surface area (Å²) in [7, 11) is 1.65. The average Bonchev–Trinajstić information content (AvgIpc) is 2.47. The molecular formula is C16H18O3. The van der Waals surface area contributed by atoms with E-state index in [-0.39, 0.29) is 6.61 Å². The molecule has 2 rings (SSSR count). The van der Waals surface area contributed by atoms with E-state index >= 15 is 0 Å². The molecule has 1 unspecified atom stereocenters. The highest BCUT2D eigenvalue weighted by Crippen LogP contribution is 2.25. The van der Waals surface area contributed by atoms with E-state index in [0.717, 1.165) is 22.3 Å². The molecule has 0 aliphatic carbocycles. The first-order valence-electron chi connectivity index (χ1n) is 6.20. The largest absolute Gasteiger partial charge is 0.392 e.